The van der Waals surface area contributed by atoms with Crippen molar-refractivity contribution in [3.05, 3.63) is 18.0 Å². The maximum absolute atomic E-state index is 11.4. The number of ether oxygens (including phenoxy) is 2. The van der Waals surface area contributed by atoms with Crippen LogP contribution in [0.4, 0.5) is 0 Å². The molecule has 1 atom stereocenters. The van der Waals surface area contributed by atoms with Gasteiger partial charge in [0, 0.05) is 6.20 Å². The number of hydrogen-bond acceptors (Lipinski definition) is 5. The molecular weight excluding hydrogens is 224 g/mol. The Morgan fingerprint density at radius 1 is 1.35 bits per heavy atom. The minimum absolute atomic E-state index is 0.303. The smallest absolute Gasteiger partial charge is 0.341 e. The van der Waals surface area contributed by atoms with E-state index in [1.54, 1.807) is 20.8 Å². The topological polar surface area (TPSA) is 70.4 Å². The van der Waals surface area contributed by atoms with E-state index in [1.807, 2.05) is 0 Å². The molecule has 0 fully saturated rings. The summed E-state index contributed by atoms with van der Waals surface area (Å²) in [6.45, 7) is 5.73. The van der Waals surface area contributed by atoms with E-state index < -0.39 is 12.0 Å². The molecule has 0 aromatic carbocycles. The third-order valence-electron chi connectivity index (χ3n) is 2.14. The summed E-state index contributed by atoms with van der Waals surface area (Å²) in [5, 5.41) is 3.94. The Morgan fingerprint density at radius 3 is 2.59 bits per heavy atom. The van der Waals surface area contributed by atoms with Gasteiger partial charge in [0.1, 0.15) is 6.04 Å². The SMILES string of the molecule is CCOC(=O)c1cnn(C(C)C(=O)OCC)c1. The van der Waals surface area contributed by atoms with Gasteiger partial charge in [0.25, 0.3) is 0 Å². The molecule has 0 radical (unpaired) electrons. The van der Waals surface area contributed by atoms with Gasteiger partial charge in [-0.15, -0.1) is 0 Å². The van der Waals surface area contributed by atoms with Crippen molar-refractivity contribution in [1.29, 1.82) is 0 Å². The minimum Gasteiger partial charge on any atom is -0.464 e. The largest absolute Gasteiger partial charge is 0.464 e. The van der Waals surface area contributed by atoms with Gasteiger partial charge < -0.3 is 9.47 Å². The normalized spacial score (nSPS) is 11.9. The third-order valence-corrected chi connectivity index (χ3v) is 2.14. The number of rotatable bonds is 5. The van der Waals surface area contributed by atoms with Crippen LogP contribution in [0.15, 0.2) is 12.4 Å². The molecule has 0 saturated heterocycles. The van der Waals surface area contributed by atoms with Gasteiger partial charge in [0.05, 0.1) is 25.0 Å². The van der Waals surface area contributed by atoms with Gasteiger partial charge in [-0.3, -0.25) is 4.68 Å². The Bertz CT molecular complexity index is 400. The highest BCUT2D eigenvalue weighted by Gasteiger charge is 2.18. The summed E-state index contributed by atoms with van der Waals surface area (Å²) >= 11 is 0. The molecule has 0 aliphatic rings. The van der Waals surface area contributed by atoms with Crippen molar-refractivity contribution in [2.24, 2.45) is 0 Å². The molecule has 94 valence electrons. The van der Waals surface area contributed by atoms with E-state index in [4.69, 9.17) is 9.47 Å². The number of hydrogen-bond donors (Lipinski definition) is 0. The van der Waals surface area contributed by atoms with Crippen LogP contribution in [0.3, 0.4) is 0 Å². The number of carbonyl (C=O) groups is 2. The number of nitrogens with zero attached hydrogens (tertiary/aromatic N) is 2. The maximum Gasteiger partial charge on any atom is 0.341 e. The van der Waals surface area contributed by atoms with E-state index in [1.165, 1.54) is 17.1 Å². The summed E-state index contributed by atoms with van der Waals surface area (Å²) < 4.78 is 11.1. The van der Waals surface area contributed by atoms with Crippen molar-refractivity contribution in [2.45, 2.75) is 26.8 Å². The predicted molar refractivity (Wildman–Crippen MR) is 59.5 cm³/mol. The molecule has 6 heteroatoms. The summed E-state index contributed by atoms with van der Waals surface area (Å²) in [5.74, 6) is -0.833. The first-order chi connectivity index (χ1) is 8.10. The Labute approximate surface area is 99.5 Å². The number of aromatic nitrogens is 2. The molecule has 1 rings (SSSR count). The van der Waals surface area contributed by atoms with Crippen LogP contribution >= 0.6 is 0 Å². The molecule has 0 saturated carbocycles. The zero-order chi connectivity index (χ0) is 12.8. The van der Waals surface area contributed by atoms with Crippen molar-refractivity contribution in [3.8, 4) is 0 Å². The lowest BCUT2D eigenvalue weighted by Gasteiger charge is -2.10. The monoisotopic (exact) mass is 240 g/mol. The second-order valence-electron chi connectivity index (χ2n) is 3.36. The molecule has 0 bridgehead atoms. The molecule has 1 aromatic rings. The van der Waals surface area contributed by atoms with Gasteiger partial charge >= 0.3 is 11.9 Å². The van der Waals surface area contributed by atoms with E-state index in [9.17, 15) is 9.59 Å². The Hall–Kier alpha value is -1.85. The zero-order valence-corrected chi connectivity index (χ0v) is 10.2. The van der Waals surface area contributed by atoms with Gasteiger partial charge in [-0.1, -0.05) is 0 Å². The molecule has 1 aromatic heterocycles. The van der Waals surface area contributed by atoms with Crippen LogP contribution in [0.5, 0.6) is 0 Å². The van der Waals surface area contributed by atoms with E-state index in [-0.39, 0.29) is 5.97 Å². The molecule has 6 nitrogen and oxygen atoms in total. The number of esters is 2. The van der Waals surface area contributed by atoms with Crippen molar-refractivity contribution in [2.75, 3.05) is 13.2 Å². The third kappa shape index (κ3) is 3.30. The molecule has 1 heterocycles. The molecule has 1 unspecified atom stereocenters. The number of carbonyl (C=O) groups excluding carboxylic acids is 2. The van der Waals surface area contributed by atoms with E-state index in [0.717, 1.165) is 0 Å². The lowest BCUT2D eigenvalue weighted by Crippen LogP contribution is -2.19. The van der Waals surface area contributed by atoms with Crippen molar-refractivity contribution < 1.29 is 19.1 Å². The van der Waals surface area contributed by atoms with Gasteiger partial charge in [-0.05, 0) is 20.8 Å². The molecule has 0 aliphatic heterocycles. The summed E-state index contributed by atoms with van der Waals surface area (Å²) in [5.41, 5.74) is 0.322. The van der Waals surface area contributed by atoms with Gasteiger partial charge in [0.2, 0.25) is 0 Å². The maximum atomic E-state index is 11.4. The van der Waals surface area contributed by atoms with E-state index in [2.05, 4.69) is 5.10 Å². The fourth-order valence-electron chi connectivity index (χ4n) is 1.24. The first-order valence-corrected chi connectivity index (χ1v) is 5.48. The van der Waals surface area contributed by atoms with Crippen LogP contribution in [-0.4, -0.2) is 34.9 Å². The van der Waals surface area contributed by atoms with Crippen LogP contribution in [0.2, 0.25) is 0 Å². The van der Waals surface area contributed by atoms with E-state index in [0.29, 0.717) is 18.8 Å². The van der Waals surface area contributed by atoms with Crippen LogP contribution in [-0.2, 0) is 14.3 Å². The van der Waals surface area contributed by atoms with Crippen LogP contribution in [0.1, 0.15) is 37.2 Å². The standard InChI is InChI=1S/C11H16N2O4/c1-4-16-10(14)8(3)13-7-9(6-12-13)11(15)17-5-2/h6-8H,4-5H2,1-3H3. The minimum atomic E-state index is -0.557. The van der Waals surface area contributed by atoms with Gasteiger partial charge in [0.15, 0.2) is 0 Å². The second kappa shape index (κ2) is 6.03. The van der Waals surface area contributed by atoms with Gasteiger partial charge in [-0.2, -0.15) is 5.10 Å². The highest BCUT2D eigenvalue weighted by Crippen LogP contribution is 2.09. The summed E-state index contributed by atoms with van der Waals surface area (Å²) in [6, 6.07) is -0.557. The Balaban J connectivity index is 2.73. The average Bonchev–Trinajstić information content (AvgIpc) is 2.78. The highest BCUT2D eigenvalue weighted by atomic mass is 16.5. The van der Waals surface area contributed by atoms with Crippen LogP contribution in [0.25, 0.3) is 0 Å². The lowest BCUT2D eigenvalue weighted by molar-refractivity contribution is -0.146. The van der Waals surface area contributed by atoms with Crippen molar-refractivity contribution >= 4 is 11.9 Å². The summed E-state index contributed by atoms with van der Waals surface area (Å²) in [4.78, 5) is 22.8. The molecule has 0 amide bonds. The second-order valence-corrected chi connectivity index (χ2v) is 3.36. The first kappa shape index (κ1) is 13.2. The first-order valence-electron chi connectivity index (χ1n) is 5.48. The lowest BCUT2D eigenvalue weighted by atomic mass is 10.3. The quantitative estimate of drug-likeness (QED) is 0.723. The molecule has 0 spiro atoms. The fourth-order valence-corrected chi connectivity index (χ4v) is 1.24. The van der Waals surface area contributed by atoms with E-state index >= 15 is 0 Å². The summed E-state index contributed by atoms with van der Waals surface area (Å²) in [6.07, 6.45) is 2.84. The van der Waals surface area contributed by atoms with Crippen molar-refractivity contribution in [1.82, 2.24) is 9.78 Å². The average molecular weight is 240 g/mol. The van der Waals surface area contributed by atoms with Crippen LogP contribution in [0, 0.1) is 0 Å². The van der Waals surface area contributed by atoms with Crippen molar-refractivity contribution in [3.63, 3.8) is 0 Å². The summed E-state index contributed by atoms with van der Waals surface area (Å²) in [7, 11) is 0. The van der Waals surface area contributed by atoms with Crippen LogP contribution < -0.4 is 0 Å². The zero-order valence-electron chi connectivity index (χ0n) is 10.2. The van der Waals surface area contributed by atoms with Gasteiger partial charge in [-0.25, -0.2) is 9.59 Å². The fraction of sp³-hybridized carbons (Fsp3) is 0.545. The Morgan fingerprint density at radius 2 is 2.00 bits per heavy atom. The molecule has 17 heavy (non-hydrogen) atoms. The molecule has 0 aliphatic carbocycles. The predicted octanol–water partition coefficient (Wildman–Crippen LogP) is 1.18. The molecule has 0 N–H and O–H groups in total. The Kier molecular flexibility index (Phi) is 4.68. The molecular formula is C11H16N2O4. The highest BCUT2D eigenvalue weighted by molar-refractivity contribution is 5.88.